The van der Waals surface area contributed by atoms with Gasteiger partial charge in [-0.05, 0) is 42.7 Å². The number of ether oxygens (including phenoxy) is 2. The van der Waals surface area contributed by atoms with Gasteiger partial charge in [-0.25, -0.2) is 8.42 Å². The lowest BCUT2D eigenvalue weighted by Gasteiger charge is -2.06. The second-order valence-corrected chi connectivity index (χ2v) is 10.3. The summed E-state index contributed by atoms with van der Waals surface area (Å²) in [6, 6.07) is 11.6. The highest BCUT2D eigenvalue weighted by atomic mass is 32.2. The third-order valence-corrected chi connectivity index (χ3v) is 7.63. The first-order valence-electron chi connectivity index (χ1n) is 8.98. The summed E-state index contributed by atoms with van der Waals surface area (Å²) in [7, 11) is -0.708. The molecule has 0 aliphatic rings. The van der Waals surface area contributed by atoms with Crippen molar-refractivity contribution in [2.45, 2.75) is 11.4 Å². The van der Waals surface area contributed by atoms with Crippen LogP contribution in [0.4, 0.5) is 0 Å². The number of sulfone groups is 1. The van der Waals surface area contributed by atoms with Gasteiger partial charge >= 0.3 is 0 Å². The zero-order chi connectivity index (χ0) is 21.7. The number of carbonyl (C=O) groups is 1. The van der Waals surface area contributed by atoms with E-state index in [9.17, 15) is 13.2 Å². The van der Waals surface area contributed by atoms with Crippen LogP contribution in [0.5, 0.6) is 11.5 Å². The Balaban J connectivity index is 1.95. The van der Waals surface area contributed by atoms with Crippen LogP contribution in [-0.2, 0) is 21.2 Å². The molecule has 0 saturated carbocycles. The molecule has 0 spiro atoms. The standard InChI is InChI=1S/C20H22N2O5S3/c1-26-14-4-7-16(8-5-14)30(24,25)13-19(23)21-20-22(10-11-28-3)17-12-15(27-2)6-9-18(17)29-20/h4-9,12H,10-11,13H2,1-3H3. The highest BCUT2D eigenvalue weighted by molar-refractivity contribution is 7.98. The molecule has 30 heavy (non-hydrogen) atoms. The first kappa shape index (κ1) is 22.4. The molecule has 10 heteroatoms. The lowest BCUT2D eigenvalue weighted by Crippen LogP contribution is -2.21. The van der Waals surface area contributed by atoms with E-state index in [4.69, 9.17) is 9.47 Å². The van der Waals surface area contributed by atoms with Gasteiger partial charge in [0.2, 0.25) is 0 Å². The molecular weight excluding hydrogens is 444 g/mol. The maximum absolute atomic E-state index is 12.6. The third-order valence-electron chi connectivity index (χ3n) is 4.36. The Bertz CT molecular complexity index is 1210. The molecule has 3 rings (SSSR count). The summed E-state index contributed by atoms with van der Waals surface area (Å²) in [5.41, 5.74) is 0.901. The summed E-state index contributed by atoms with van der Waals surface area (Å²) in [6.07, 6.45) is 2.00. The van der Waals surface area contributed by atoms with Crippen LogP contribution < -0.4 is 14.3 Å². The van der Waals surface area contributed by atoms with Crippen LogP contribution >= 0.6 is 23.1 Å². The quantitative estimate of drug-likeness (QED) is 0.507. The molecule has 0 N–H and O–H groups in total. The lowest BCUT2D eigenvalue weighted by atomic mass is 10.3. The molecule has 0 bridgehead atoms. The molecule has 0 aliphatic carbocycles. The molecule has 0 atom stereocenters. The van der Waals surface area contributed by atoms with Crippen LogP contribution in [0.2, 0.25) is 0 Å². The molecule has 1 heterocycles. The third kappa shape index (κ3) is 5.05. The van der Waals surface area contributed by atoms with Gasteiger partial charge < -0.3 is 14.0 Å². The highest BCUT2D eigenvalue weighted by Gasteiger charge is 2.20. The first-order chi connectivity index (χ1) is 14.4. The second-order valence-electron chi connectivity index (χ2n) is 6.30. The van der Waals surface area contributed by atoms with Crippen molar-refractivity contribution < 1.29 is 22.7 Å². The number of aromatic nitrogens is 1. The van der Waals surface area contributed by atoms with Crippen LogP contribution in [0.1, 0.15) is 0 Å². The van der Waals surface area contributed by atoms with E-state index in [2.05, 4.69) is 4.99 Å². The van der Waals surface area contributed by atoms with E-state index in [-0.39, 0.29) is 4.90 Å². The van der Waals surface area contributed by atoms with Gasteiger partial charge in [-0.1, -0.05) is 11.3 Å². The van der Waals surface area contributed by atoms with Gasteiger partial charge in [0, 0.05) is 18.4 Å². The maximum atomic E-state index is 12.6. The number of amides is 1. The Morgan fingerprint density at radius 3 is 2.40 bits per heavy atom. The van der Waals surface area contributed by atoms with Crippen LogP contribution in [0.3, 0.4) is 0 Å². The molecular formula is C20H22N2O5S3. The van der Waals surface area contributed by atoms with Gasteiger partial charge in [0.25, 0.3) is 5.91 Å². The van der Waals surface area contributed by atoms with Crippen LogP contribution in [0.15, 0.2) is 52.4 Å². The first-order valence-corrected chi connectivity index (χ1v) is 12.8. The molecule has 0 aliphatic heterocycles. The topological polar surface area (TPSA) is 87.0 Å². The van der Waals surface area contributed by atoms with Crippen LogP contribution in [0.25, 0.3) is 10.2 Å². The number of nitrogens with zero attached hydrogens (tertiary/aromatic N) is 2. The number of carbonyl (C=O) groups excluding carboxylic acids is 1. The Hall–Kier alpha value is -2.30. The number of methoxy groups -OCH3 is 2. The Morgan fingerprint density at radius 2 is 1.77 bits per heavy atom. The van der Waals surface area contributed by atoms with Gasteiger partial charge in [-0.2, -0.15) is 16.8 Å². The highest BCUT2D eigenvalue weighted by Crippen LogP contribution is 2.23. The minimum Gasteiger partial charge on any atom is -0.497 e. The van der Waals surface area contributed by atoms with Gasteiger partial charge in [0.1, 0.15) is 17.3 Å². The van der Waals surface area contributed by atoms with Crippen molar-refractivity contribution in [2.24, 2.45) is 4.99 Å². The van der Waals surface area contributed by atoms with Gasteiger partial charge in [0.05, 0.1) is 29.3 Å². The molecule has 2 aromatic carbocycles. The van der Waals surface area contributed by atoms with E-state index in [1.54, 1.807) is 31.0 Å². The largest absolute Gasteiger partial charge is 0.497 e. The second kappa shape index (κ2) is 9.67. The predicted octanol–water partition coefficient (Wildman–Crippen LogP) is 2.98. The average molecular weight is 467 g/mol. The fourth-order valence-electron chi connectivity index (χ4n) is 2.83. The molecule has 1 amide bonds. The maximum Gasteiger partial charge on any atom is 0.263 e. The van der Waals surface area contributed by atoms with Gasteiger partial charge in [0.15, 0.2) is 14.6 Å². The molecule has 0 fully saturated rings. The Labute approximate surface area is 183 Å². The van der Waals surface area contributed by atoms with Crippen molar-refractivity contribution in [2.75, 3.05) is 32.0 Å². The Morgan fingerprint density at radius 1 is 1.10 bits per heavy atom. The van der Waals surface area contributed by atoms with E-state index < -0.39 is 21.5 Å². The number of fused-ring (bicyclic) bond motifs is 1. The molecule has 3 aromatic rings. The fourth-order valence-corrected chi connectivity index (χ4v) is 5.35. The molecule has 1 aromatic heterocycles. The van der Waals surface area contributed by atoms with Crippen LogP contribution in [-0.4, -0.2) is 50.9 Å². The minimum atomic E-state index is -3.80. The number of thioether (sulfide) groups is 1. The lowest BCUT2D eigenvalue weighted by molar-refractivity contribution is -0.115. The fraction of sp³-hybridized carbons (Fsp3) is 0.300. The normalized spacial score (nSPS) is 12.3. The van der Waals surface area contributed by atoms with Crippen LogP contribution in [0, 0.1) is 0 Å². The van der Waals surface area contributed by atoms with Crippen molar-refractivity contribution >= 4 is 49.1 Å². The van der Waals surface area contributed by atoms with E-state index in [0.29, 0.717) is 22.8 Å². The molecule has 0 saturated heterocycles. The van der Waals surface area contributed by atoms with Gasteiger partial charge in [-0.3, -0.25) is 4.79 Å². The number of aryl methyl sites for hydroxylation is 1. The van der Waals surface area contributed by atoms with E-state index in [1.807, 2.05) is 29.0 Å². The van der Waals surface area contributed by atoms with E-state index in [1.165, 1.54) is 30.6 Å². The number of benzene rings is 2. The number of rotatable bonds is 8. The predicted molar refractivity (Wildman–Crippen MR) is 120 cm³/mol. The van der Waals surface area contributed by atoms with E-state index >= 15 is 0 Å². The zero-order valence-electron chi connectivity index (χ0n) is 16.8. The number of hydrogen-bond acceptors (Lipinski definition) is 7. The zero-order valence-corrected chi connectivity index (χ0v) is 19.3. The van der Waals surface area contributed by atoms with Gasteiger partial charge in [-0.15, -0.1) is 0 Å². The molecule has 160 valence electrons. The van der Waals surface area contributed by atoms with Crippen molar-refractivity contribution in [3.05, 3.63) is 47.3 Å². The average Bonchev–Trinajstić information content (AvgIpc) is 3.07. The SMILES string of the molecule is COc1ccc(S(=O)(=O)CC(=O)N=c2sc3ccc(OC)cc3n2CCSC)cc1. The summed E-state index contributed by atoms with van der Waals surface area (Å²) in [5.74, 6) is 0.675. The molecule has 0 radical (unpaired) electrons. The monoisotopic (exact) mass is 466 g/mol. The summed E-state index contributed by atoms with van der Waals surface area (Å²) in [5, 5.41) is 0. The smallest absolute Gasteiger partial charge is 0.263 e. The minimum absolute atomic E-state index is 0.0585. The summed E-state index contributed by atoms with van der Waals surface area (Å²) >= 11 is 3.02. The summed E-state index contributed by atoms with van der Waals surface area (Å²) < 4.78 is 38.4. The van der Waals surface area contributed by atoms with Crippen molar-refractivity contribution in [3.8, 4) is 11.5 Å². The molecule has 7 nitrogen and oxygen atoms in total. The van der Waals surface area contributed by atoms with Crippen molar-refractivity contribution in [1.82, 2.24) is 4.57 Å². The molecule has 0 unspecified atom stereocenters. The Kier molecular flexibility index (Phi) is 7.22. The number of hydrogen-bond donors (Lipinski definition) is 0. The summed E-state index contributed by atoms with van der Waals surface area (Å²) in [4.78, 5) is 17.2. The number of thiazole rings is 1. The van der Waals surface area contributed by atoms with E-state index in [0.717, 1.165) is 16.0 Å². The van der Waals surface area contributed by atoms with Crippen molar-refractivity contribution in [1.29, 1.82) is 0 Å². The summed E-state index contributed by atoms with van der Waals surface area (Å²) in [6.45, 7) is 0.645. The van der Waals surface area contributed by atoms with Crippen molar-refractivity contribution in [3.63, 3.8) is 0 Å².